The van der Waals surface area contributed by atoms with Crippen molar-refractivity contribution in [2.24, 2.45) is 0 Å². The highest BCUT2D eigenvalue weighted by Crippen LogP contribution is 2.20. The van der Waals surface area contributed by atoms with Crippen molar-refractivity contribution in [2.45, 2.75) is 26.7 Å². The zero-order valence-corrected chi connectivity index (χ0v) is 9.46. The Morgan fingerprint density at radius 3 is 2.20 bits per heavy atom. The smallest absolute Gasteiger partial charge is 0.127 e. The van der Waals surface area contributed by atoms with Crippen LogP contribution in [0.4, 0.5) is 15.8 Å². The van der Waals surface area contributed by atoms with Crippen molar-refractivity contribution in [2.75, 3.05) is 23.7 Å². The van der Waals surface area contributed by atoms with Crippen LogP contribution >= 0.6 is 0 Å². The second kappa shape index (κ2) is 5.59. The van der Waals surface area contributed by atoms with Crippen LogP contribution in [0, 0.1) is 5.82 Å². The Bertz CT molecular complexity index is 286. The minimum atomic E-state index is -0.262. The van der Waals surface area contributed by atoms with Crippen molar-refractivity contribution in [3.8, 4) is 0 Å². The number of hydrogen-bond acceptors (Lipinski definition) is 2. The average molecular weight is 210 g/mol. The number of halogens is 1. The van der Waals surface area contributed by atoms with E-state index in [1.165, 1.54) is 6.07 Å². The molecule has 2 nitrogen and oxygen atoms in total. The SMILES string of the molecule is CCCN(CCC)c1cc(N)cc(F)c1. The molecule has 0 aromatic heterocycles. The van der Waals surface area contributed by atoms with Gasteiger partial charge in [-0.25, -0.2) is 4.39 Å². The van der Waals surface area contributed by atoms with Crippen LogP contribution in [-0.2, 0) is 0 Å². The van der Waals surface area contributed by atoms with E-state index in [-0.39, 0.29) is 5.82 Å². The minimum absolute atomic E-state index is 0.262. The summed E-state index contributed by atoms with van der Waals surface area (Å²) >= 11 is 0. The number of anilines is 2. The van der Waals surface area contributed by atoms with Gasteiger partial charge in [0.15, 0.2) is 0 Å². The van der Waals surface area contributed by atoms with Crippen molar-refractivity contribution in [3.05, 3.63) is 24.0 Å². The van der Waals surface area contributed by atoms with Gasteiger partial charge >= 0.3 is 0 Å². The van der Waals surface area contributed by atoms with Crippen molar-refractivity contribution >= 4 is 11.4 Å². The molecule has 15 heavy (non-hydrogen) atoms. The zero-order valence-electron chi connectivity index (χ0n) is 9.46. The lowest BCUT2D eigenvalue weighted by Crippen LogP contribution is -2.25. The molecule has 0 heterocycles. The Balaban J connectivity index is 2.88. The van der Waals surface area contributed by atoms with E-state index in [1.807, 2.05) is 6.07 Å². The van der Waals surface area contributed by atoms with Gasteiger partial charge in [0.2, 0.25) is 0 Å². The molecule has 3 heteroatoms. The van der Waals surface area contributed by atoms with E-state index in [4.69, 9.17) is 5.73 Å². The highest BCUT2D eigenvalue weighted by Gasteiger charge is 2.06. The number of nitrogen functional groups attached to an aromatic ring is 1. The summed E-state index contributed by atoms with van der Waals surface area (Å²) < 4.78 is 13.2. The molecule has 0 unspecified atom stereocenters. The normalized spacial score (nSPS) is 10.3. The lowest BCUT2D eigenvalue weighted by atomic mass is 10.2. The van der Waals surface area contributed by atoms with E-state index in [0.717, 1.165) is 31.6 Å². The third-order valence-electron chi connectivity index (χ3n) is 2.26. The third-order valence-corrected chi connectivity index (χ3v) is 2.26. The summed E-state index contributed by atoms with van der Waals surface area (Å²) in [5.41, 5.74) is 7.00. The van der Waals surface area contributed by atoms with E-state index in [1.54, 1.807) is 6.07 Å². The summed E-state index contributed by atoms with van der Waals surface area (Å²) in [4.78, 5) is 2.17. The average Bonchev–Trinajstić information content (AvgIpc) is 2.16. The second-order valence-corrected chi connectivity index (χ2v) is 3.73. The molecular formula is C12H19FN2. The van der Waals surface area contributed by atoms with Gasteiger partial charge in [-0.1, -0.05) is 13.8 Å². The van der Waals surface area contributed by atoms with Crippen LogP contribution in [-0.4, -0.2) is 13.1 Å². The maximum atomic E-state index is 13.2. The van der Waals surface area contributed by atoms with E-state index in [0.29, 0.717) is 5.69 Å². The number of rotatable bonds is 5. The van der Waals surface area contributed by atoms with E-state index < -0.39 is 0 Å². The van der Waals surface area contributed by atoms with Crippen LogP contribution < -0.4 is 10.6 Å². The summed E-state index contributed by atoms with van der Waals surface area (Å²) in [6.07, 6.45) is 2.10. The second-order valence-electron chi connectivity index (χ2n) is 3.73. The van der Waals surface area contributed by atoms with Crippen molar-refractivity contribution in [1.82, 2.24) is 0 Å². The van der Waals surface area contributed by atoms with Crippen LogP contribution in [0.3, 0.4) is 0 Å². The van der Waals surface area contributed by atoms with Crippen LogP contribution in [0.5, 0.6) is 0 Å². The number of nitrogens with zero attached hydrogens (tertiary/aromatic N) is 1. The minimum Gasteiger partial charge on any atom is -0.399 e. The van der Waals surface area contributed by atoms with Crippen molar-refractivity contribution in [3.63, 3.8) is 0 Å². The molecule has 0 saturated heterocycles. The highest BCUT2D eigenvalue weighted by molar-refractivity contribution is 5.56. The van der Waals surface area contributed by atoms with Gasteiger partial charge in [0, 0.05) is 24.5 Å². The monoisotopic (exact) mass is 210 g/mol. The Kier molecular flexibility index (Phi) is 4.40. The molecule has 0 aliphatic rings. The van der Waals surface area contributed by atoms with Crippen molar-refractivity contribution < 1.29 is 4.39 Å². The molecule has 2 N–H and O–H groups in total. The summed E-state index contributed by atoms with van der Waals surface area (Å²) in [5.74, 6) is -0.262. The van der Waals surface area contributed by atoms with Crippen LogP contribution in [0.2, 0.25) is 0 Å². The summed E-state index contributed by atoms with van der Waals surface area (Å²) in [6.45, 7) is 6.12. The lowest BCUT2D eigenvalue weighted by Gasteiger charge is -2.24. The molecular weight excluding hydrogens is 191 g/mol. The van der Waals surface area contributed by atoms with Crippen molar-refractivity contribution in [1.29, 1.82) is 0 Å². The third kappa shape index (κ3) is 3.42. The number of hydrogen-bond donors (Lipinski definition) is 1. The fourth-order valence-electron chi connectivity index (χ4n) is 1.69. The van der Waals surface area contributed by atoms with Crippen LogP contribution in [0.1, 0.15) is 26.7 Å². The Labute approximate surface area is 90.9 Å². The first-order valence-corrected chi connectivity index (χ1v) is 5.48. The molecule has 0 aliphatic carbocycles. The lowest BCUT2D eigenvalue weighted by molar-refractivity contribution is 0.626. The van der Waals surface area contributed by atoms with Crippen LogP contribution in [0.15, 0.2) is 18.2 Å². The Morgan fingerprint density at radius 2 is 1.73 bits per heavy atom. The van der Waals surface area contributed by atoms with E-state index in [9.17, 15) is 4.39 Å². The van der Waals surface area contributed by atoms with E-state index >= 15 is 0 Å². The Hall–Kier alpha value is -1.25. The van der Waals surface area contributed by atoms with E-state index in [2.05, 4.69) is 18.7 Å². The Morgan fingerprint density at radius 1 is 1.13 bits per heavy atom. The molecule has 0 bridgehead atoms. The summed E-state index contributed by atoms with van der Waals surface area (Å²) in [7, 11) is 0. The van der Waals surface area contributed by atoms with Gasteiger partial charge < -0.3 is 10.6 Å². The maximum absolute atomic E-state index is 13.2. The predicted molar refractivity (Wildman–Crippen MR) is 63.6 cm³/mol. The molecule has 1 aromatic carbocycles. The fourth-order valence-corrected chi connectivity index (χ4v) is 1.69. The summed E-state index contributed by atoms with van der Waals surface area (Å²) in [5, 5.41) is 0. The zero-order chi connectivity index (χ0) is 11.3. The molecule has 0 fully saturated rings. The standard InChI is InChI=1S/C12H19FN2/c1-3-5-15(6-4-2)12-8-10(13)7-11(14)9-12/h7-9H,3-6,14H2,1-2H3. The predicted octanol–water partition coefficient (Wildman–Crippen LogP) is 3.03. The number of benzene rings is 1. The largest absolute Gasteiger partial charge is 0.399 e. The molecule has 0 spiro atoms. The molecule has 0 radical (unpaired) electrons. The first kappa shape index (κ1) is 11.8. The molecule has 1 aromatic rings. The molecule has 0 amide bonds. The molecule has 0 atom stereocenters. The topological polar surface area (TPSA) is 29.3 Å². The fraction of sp³-hybridized carbons (Fsp3) is 0.500. The number of nitrogens with two attached hydrogens (primary N) is 1. The van der Waals surface area contributed by atoms with Gasteiger partial charge in [-0.3, -0.25) is 0 Å². The van der Waals surface area contributed by atoms with Gasteiger partial charge in [0.25, 0.3) is 0 Å². The van der Waals surface area contributed by atoms with Gasteiger partial charge in [-0.05, 0) is 31.0 Å². The molecule has 84 valence electrons. The van der Waals surface area contributed by atoms with Gasteiger partial charge in [0.1, 0.15) is 5.82 Å². The van der Waals surface area contributed by atoms with Gasteiger partial charge in [-0.15, -0.1) is 0 Å². The highest BCUT2D eigenvalue weighted by atomic mass is 19.1. The molecule has 0 aliphatic heterocycles. The quantitative estimate of drug-likeness (QED) is 0.757. The molecule has 1 rings (SSSR count). The van der Waals surface area contributed by atoms with Gasteiger partial charge in [0.05, 0.1) is 0 Å². The van der Waals surface area contributed by atoms with Crippen LogP contribution in [0.25, 0.3) is 0 Å². The maximum Gasteiger partial charge on any atom is 0.127 e. The first-order chi connectivity index (χ1) is 7.17. The van der Waals surface area contributed by atoms with Gasteiger partial charge in [-0.2, -0.15) is 0 Å². The first-order valence-electron chi connectivity index (χ1n) is 5.48. The molecule has 0 saturated carbocycles. The summed E-state index contributed by atoms with van der Waals surface area (Å²) in [6, 6.07) is 4.72.